The first-order chi connectivity index (χ1) is 15.4. The van der Waals surface area contributed by atoms with Crippen molar-refractivity contribution in [2.24, 2.45) is 11.8 Å². The average Bonchev–Trinajstić information content (AvgIpc) is 3.66. The van der Waals surface area contributed by atoms with Crippen molar-refractivity contribution in [1.82, 2.24) is 19.8 Å². The first-order valence-corrected chi connectivity index (χ1v) is 11.1. The van der Waals surface area contributed by atoms with Gasteiger partial charge in [0.15, 0.2) is 0 Å². The first kappa shape index (κ1) is 22.2. The molecule has 1 fully saturated rings. The molecule has 8 heteroatoms. The van der Waals surface area contributed by atoms with Crippen LogP contribution in [0.3, 0.4) is 0 Å². The number of nitrogens with zero attached hydrogens (tertiary/aromatic N) is 4. The van der Waals surface area contributed by atoms with E-state index in [0.29, 0.717) is 18.7 Å². The third kappa shape index (κ3) is 4.60. The molecular formula is C24H30N4O4. The summed E-state index contributed by atoms with van der Waals surface area (Å²) in [6.45, 7) is 4.51. The maximum Gasteiger partial charge on any atom is 0.259 e. The van der Waals surface area contributed by atoms with Gasteiger partial charge >= 0.3 is 0 Å². The Balaban J connectivity index is 1.69. The van der Waals surface area contributed by atoms with E-state index in [9.17, 15) is 14.7 Å². The van der Waals surface area contributed by atoms with Gasteiger partial charge in [-0.25, -0.2) is 4.98 Å². The second-order valence-corrected chi connectivity index (χ2v) is 8.93. The fourth-order valence-electron chi connectivity index (χ4n) is 4.02. The summed E-state index contributed by atoms with van der Waals surface area (Å²) in [5.74, 6) is 0.243. The molecule has 1 saturated carbocycles. The number of carbonyl (C=O) groups excluding carboxylic acids is 2. The lowest BCUT2D eigenvalue weighted by atomic mass is 9.99. The zero-order chi connectivity index (χ0) is 22.8. The largest absolute Gasteiger partial charge is 0.472 e. The summed E-state index contributed by atoms with van der Waals surface area (Å²) in [7, 11) is 1.80. The molecule has 8 nitrogen and oxygen atoms in total. The van der Waals surface area contributed by atoms with Crippen LogP contribution in [-0.4, -0.2) is 75.6 Å². The van der Waals surface area contributed by atoms with Gasteiger partial charge in [0.25, 0.3) is 5.91 Å². The van der Waals surface area contributed by atoms with E-state index in [0.717, 1.165) is 24.0 Å². The SMILES string of the molecule is C[C@H]1CN([C@@H](C)CO)C(=O)c2cc(-c3ccncc3)cnc2O[C@H]1CN(C)C(=O)C1CC1. The number of amides is 2. The summed E-state index contributed by atoms with van der Waals surface area (Å²) in [6.07, 6.45) is 6.63. The molecule has 2 aromatic heterocycles. The highest BCUT2D eigenvalue weighted by Crippen LogP contribution is 2.32. The Hall–Kier alpha value is -3.00. The van der Waals surface area contributed by atoms with Crippen molar-refractivity contribution >= 4 is 11.8 Å². The molecule has 1 aliphatic carbocycles. The minimum absolute atomic E-state index is 0.0581. The number of aliphatic hydroxyl groups is 1. The van der Waals surface area contributed by atoms with Crippen LogP contribution in [0.15, 0.2) is 36.8 Å². The molecule has 4 rings (SSSR count). The lowest BCUT2D eigenvalue weighted by molar-refractivity contribution is -0.132. The molecule has 0 aromatic carbocycles. The normalized spacial score (nSPS) is 21.8. The molecule has 0 saturated heterocycles. The van der Waals surface area contributed by atoms with Crippen molar-refractivity contribution in [3.8, 4) is 17.0 Å². The molecule has 1 aliphatic heterocycles. The molecule has 0 spiro atoms. The van der Waals surface area contributed by atoms with Gasteiger partial charge < -0.3 is 19.6 Å². The van der Waals surface area contributed by atoms with E-state index in [1.165, 1.54) is 0 Å². The van der Waals surface area contributed by atoms with Crippen LogP contribution in [0.5, 0.6) is 5.88 Å². The number of aliphatic hydroxyl groups excluding tert-OH is 1. The summed E-state index contributed by atoms with van der Waals surface area (Å²) in [5, 5.41) is 9.79. The monoisotopic (exact) mass is 438 g/mol. The quantitative estimate of drug-likeness (QED) is 0.743. The predicted molar refractivity (Wildman–Crippen MR) is 119 cm³/mol. The first-order valence-electron chi connectivity index (χ1n) is 11.1. The molecule has 0 radical (unpaired) electrons. The number of hydrogen-bond acceptors (Lipinski definition) is 6. The van der Waals surface area contributed by atoms with E-state index in [1.807, 2.05) is 26.0 Å². The Labute approximate surface area is 188 Å². The van der Waals surface area contributed by atoms with Crippen LogP contribution in [0.1, 0.15) is 37.0 Å². The molecule has 0 unspecified atom stereocenters. The molecule has 1 N–H and O–H groups in total. The standard InChI is InChI=1S/C24H30N4O4/c1-15-12-28(16(2)14-29)24(31)20-10-19(17-6-8-25-9-7-17)11-26-22(20)32-21(15)13-27(3)23(30)18-4-5-18/h6-11,15-16,18,21,29H,4-5,12-14H2,1-3H3/t15-,16-,21-/m0/s1. The molecule has 2 aromatic rings. The van der Waals surface area contributed by atoms with E-state index in [1.54, 1.807) is 41.5 Å². The number of ether oxygens (including phenoxy) is 1. The topological polar surface area (TPSA) is 95.9 Å². The molecule has 2 aliphatic rings. The van der Waals surface area contributed by atoms with Crippen molar-refractivity contribution in [2.45, 2.75) is 38.8 Å². The van der Waals surface area contributed by atoms with Gasteiger partial charge in [-0.15, -0.1) is 0 Å². The average molecular weight is 439 g/mol. The summed E-state index contributed by atoms with van der Waals surface area (Å²) in [4.78, 5) is 37.9. The zero-order valence-electron chi connectivity index (χ0n) is 18.8. The maximum atomic E-state index is 13.5. The molecule has 2 amide bonds. The van der Waals surface area contributed by atoms with Crippen LogP contribution in [-0.2, 0) is 4.79 Å². The number of carbonyl (C=O) groups is 2. The van der Waals surface area contributed by atoms with Gasteiger partial charge in [0.1, 0.15) is 11.7 Å². The molecule has 0 bridgehead atoms. The van der Waals surface area contributed by atoms with Crippen LogP contribution < -0.4 is 4.74 Å². The Morgan fingerprint density at radius 3 is 2.69 bits per heavy atom. The van der Waals surface area contributed by atoms with Crippen molar-refractivity contribution < 1.29 is 19.4 Å². The van der Waals surface area contributed by atoms with Gasteiger partial charge in [0.2, 0.25) is 11.8 Å². The van der Waals surface area contributed by atoms with Crippen molar-refractivity contribution in [3.63, 3.8) is 0 Å². The number of aromatic nitrogens is 2. The minimum atomic E-state index is -0.355. The van der Waals surface area contributed by atoms with Crippen LogP contribution in [0, 0.1) is 11.8 Å². The zero-order valence-corrected chi connectivity index (χ0v) is 18.8. The number of fused-ring (bicyclic) bond motifs is 1. The lowest BCUT2D eigenvalue weighted by Crippen LogP contribution is -2.50. The van der Waals surface area contributed by atoms with Gasteiger partial charge in [-0.3, -0.25) is 14.6 Å². The van der Waals surface area contributed by atoms with E-state index in [-0.39, 0.29) is 48.3 Å². The van der Waals surface area contributed by atoms with E-state index < -0.39 is 0 Å². The molecule has 3 atom stereocenters. The molecule has 32 heavy (non-hydrogen) atoms. The van der Waals surface area contributed by atoms with Gasteiger partial charge in [-0.1, -0.05) is 6.92 Å². The predicted octanol–water partition coefficient (Wildman–Crippen LogP) is 2.23. The van der Waals surface area contributed by atoms with Crippen molar-refractivity contribution in [2.75, 3.05) is 26.7 Å². The summed E-state index contributed by atoms with van der Waals surface area (Å²) in [5.41, 5.74) is 2.03. The van der Waals surface area contributed by atoms with Gasteiger partial charge in [0.05, 0.1) is 19.2 Å². The summed E-state index contributed by atoms with van der Waals surface area (Å²) >= 11 is 0. The molecule has 3 heterocycles. The van der Waals surface area contributed by atoms with E-state index in [2.05, 4.69) is 9.97 Å². The molecule has 170 valence electrons. The maximum absolute atomic E-state index is 13.5. The fourth-order valence-corrected chi connectivity index (χ4v) is 4.02. The molecular weight excluding hydrogens is 408 g/mol. The third-order valence-corrected chi connectivity index (χ3v) is 6.29. The van der Waals surface area contributed by atoms with Crippen LogP contribution in [0.4, 0.5) is 0 Å². The minimum Gasteiger partial charge on any atom is -0.472 e. The lowest BCUT2D eigenvalue weighted by Gasteiger charge is -2.37. The highest BCUT2D eigenvalue weighted by Gasteiger charge is 2.37. The number of pyridine rings is 2. The fraction of sp³-hybridized carbons (Fsp3) is 0.500. The Kier molecular flexibility index (Phi) is 6.41. The van der Waals surface area contributed by atoms with E-state index >= 15 is 0 Å². The van der Waals surface area contributed by atoms with Crippen molar-refractivity contribution in [1.29, 1.82) is 0 Å². The van der Waals surface area contributed by atoms with Crippen LogP contribution in [0.25, 0.3) is 11.1 Å². The van der Waals surface area contributed by atoms with Crippen LogP contribution in [0.2, 0.25) is 0 Å². The van der Waals surface area contributed by atoms with Crippen molar-refractivity contribution in [3.05, 3.63) is 42.4 Å². The van der Waals surface area contributed by atoms with Gasteiger partial charge in [0, 0.05) is 49.6 Å². The summed E-state index contributed by atoms with van der Waals surface area (Å²) < 4.78 is 6.27. The van der Waals surface area contributed by atoms with Gasteiger partial charge in [-0.05, 0) is 43.5 Å². The van der Waals surface area contributed by atoms with E-state index in [4.69, 9.17) is 4.74 Å². The number of likely N-dealkylation sites (N-methyl/N-ethyl adjacent to an activating group) is 1. The highest BCUT2D eigenvalue weighted by atomic mass is 16.5. The van der Waals surface area contributed by atoms with Gasteiger partial charge in [-0.2, -0.15) is 0 Å². The Morgan fingerprint density at radius 2 is 2.03 bits per heavy atom. The smallest absolute Gasteiger partial charge is 0.259 e. The highest BCUT2D eigenvalue weighted by molar-refractivity contribution is 5.98. The second kappa shape index (κ2) is 9.24. The summed E-state index contributed by atoms with van der Waals surface area (Å²) in [6, 6.07) is 5.14. The van der Waals surface area contributed by atoms with Crippen LogP contribution >= 0.6 is 0 Å². The third-order valence-electron chi connectivity index (χ3n) is 6.29. The Bertz CT molecular complexity index is 979. The second-order valence-electron chi connectivity index (χ2n) is 8.93. The number of hydrogen-bond donors (Lipinski definition) is 1. The number of rotatable bonds is 6. The Morgan fingerprint density at radius 1 is 1.31 bits per heavy atom.